The molecule has 76 valence electrons. The summed E-state index contributed by atoms with van der Waals surface area (Å²) in [7, 11) is 0. The summed E-state index contributed by atoms with van der Waals surface area (Å²) >= 11 is 0. The number of hydrogen-bond acceptors (Lipinski definition) is 2. The van der Waals surface area contributed by atoms with E-state index in [0.717, 1.165) is 45.3 Å². The van der Waals surface area contributed by atoms with E-state index in [1.54, 1.807) is 0 Å². The lowest BCUT2D eigenvalue weighted by molar-refractivity contribution is 0.153. The highest BCUT2D eigenvalue weighted by Gasteiger charge is 2.31. The Morgan fingerprint density at radius 2 is 2.00 bits per heavy atom. The van der Waals surface area contributed by atoms with Crippen LogP contribution >= 0.6 is 0 Å². The standard InChI is InChI=1S/C10H19FN2/c11-10(9-4-2-6-13-9)8-3-1-5-12-7-8/h8-10,12-13H,1-7H2. The summed E-state index contributed by atoms with van der Waals surface area (Å²) in [6.07, 6.45) is 3.74. The molecule has 2 aliphatic heterocycles. The van der Waals surface area contributed by atoms with Crippen molar-refractivity contribution in [3.05, 3.63) is 0 Å². The molecule has 0 amide bonds. The van der Waals surface area contributed by atoms with Gasteiger partial charge in [0.15, 0.2) is 0 Å². The fourth-order valence-corrected chi connectivity index (χ4v) is 2.46. The third-order valence-corrected chi connectivity index (χ3v) is 3.27. The number of piperidine rings is 1. The third-order valence-electron chi connectivity index (χ3n) is 3.27. The predicted molar refractivity (Wildman–Crippen MR) is 51.5 cm³/mol. The molecule has 3 heteroatoms. The lowest BCUT2D eigenvalue weighted by Gasteiger charge is -2.29. The van der Waals surface area contributed by atoms with Gasteiger partial charge in [-0.1, -0.05) is 0 Å². The van der Waals surface area contributed by atoms with Crippen molar-refractivity contribution >= 4 is 0 Å². The molecule has 0 saturated carbocycles. The van der Waals surface area contributed by atoms with Gasteiger partial charge in [-0.3, -0.25) is 0 Å². The molecule has 0 bridgehead atoms. The van der Waals surface area contributed by atoms with E-state index >= 15 is 0 Å². The van der Waals surface area contributed by atoms with E-state index in [9.17, 15) is 4.39 Å². The van der Waals surface area contributed by atoms with Crippen LogP contribution in [0.4, 0.5) is 4.39 Å². The zero-order valence-corrected chi connectivity index (χ0v) is 8.06. The number of hydrogen-bond donors (Lipinski definition) is 2. The average molecular weight is 186 g/mol. The minimum absolute atomic E-state index is 0.143. The smallest absolute Gasteiger partial charge is 0.119 e. The highest BCUT2D eigenvalue weighted by Crippen LogP contribution is 2.23. The maximum absolute atomic E-state index is 13.9. The fraction of sp³-hybridized carbons (Fsp3) is 1.00. The number of nitrogens with one attached hydrogen (secondary N) is 2. The van der Waals surface area contributed by atoms with Crippen LogP contribution in [0.1, 0.15) is 25.7 Å². The van der Waals surface area contributed by atoms with Gasteiger partial charge in [-0.2, -0.15) is 0 Å². The van der Waals surface area contributed by atoms with Gasteiger partial charge in [0, 0.05) is 18.5 Å². The van der Waals surface area contributed by atoms with Gasteiger partial charge in [0.1, 0.15) is 6.17 Å². The monoisotopic (exact) mass is 186 g/mol. The molecular formula is C10H19FN2. The van der Waals surface area contributed by atoms with Gasteiger partial charge >= 0.3 is 0 Å². The first-order valence-corrected chi connectivity index (χ1v) is 5.46. The van der Waals surface area contributed by atoms with E-state index in [-0.39, 0.29) is 12.0 Å². The van der Waals surface area contributed by atoms with Crippen molar-refractivity contribution in [2.45, 2.75) is 37.9 Å². The van der Waals surface area contributed by atoms with Crippen molar-refractivity contribution in [1.29, 1.82) is 0 Å². The number of halogens is 1. The normalized spacial score (nSPS) is 37.6. The molecule has 3 atom stereocenters. The molecule has 2 heterocycles. The zero-order chi connectivity index (χ0) is 9.10. The minimum atomic E-state index is -0.629. The SMILES string of the molecule is FC(C1CCCNC1)C1CCCN1. The molecule has 0 aromatic rings. The molecule has 2 saturated heterocycles. The second-order valence-electron chi connectivity index (χ2n) is 4.25. The quantitative estimate of drug-likeness (QED) is 0.674. The summed E-state index contributed by atoms with van der Waals surface area (Å²) in [6, 6.07) is 0.143. The molecule has 2 nitrogen and oxygen atoms in total. The first-order valence-electron chi connectivity index (χ1n) is 5.46. The highest BCUT2D eigenvalue weighted by molar-refractivity contribution is 4.88. The Bertz CT molecular complexity index is 151. The molecule has 2 aliphatic rings. The largest absolute Gasteiger partial charge is 0.316 e. The van der Waals surface area contributed by atoms with Crippen LogP contribution in [0, 0.1) is 5.92 Å². The summed E-state index contributed by atoms with van der Waals surface area (Å²) < 4.78 is 13.9. The van der Waals surface area contributed by atoms with Crippen LogP contribution in [0.25, 0.3) is 0 Å². The Labute approximate surface area is 79.3 Å². The molecule has 2 N–H and O–H groups in total. The van der Waals surface area contributed by atoms with Gasteiger partial charge in [-0.05, 0) is 38.8 Å². The molecule has 13 heavy (non-hydrogen) atoms. The lowest BCUT2D eigenvalue weighted by Crippen LogP contribution is -2.43. The summed E-state index contributed by atoms with van der Waals surface area (Å²) in [5.41, 5.74) is 0. The number of rotatable bonds is 2. The van der Waals surface area contributed by atoms with Gasteiger partial charge in [-0.15, -0.1) is 0 Å². The van der Waals surface area contributed by atoms with Crippen molar-refractivity contribution in [3.8, 4) is 0 Å². The zero-order valence-electron chi connectivity index (χ0n) is 8.06. The van der Waals surface area contributed by atoms with Crippen molar-refractivity contribution in [1.82, 2.24) is 10.6 Å². The van der Waals surface area contributed by atoms with Gasteiger partial charge < -0.3 is 10.6 Å². The summed E-state index contributed by atoms with van der Waals surface area (Å²) in [4.78, 5) is 0. The van der Waals surface area contributed by atoms with Gasteiger partial charge in [0.05, 0.1) is 0 Å². The first kappa shape index (κ1) is 9.41. The Morgan fingerprint density at radius 3 is 2.62 bits per heavy atom. The molecule has 2 rings (SSSR count). The fourth-order valence-electron chi connectivity index (χ4n) is 2.46. The topological polar surface area (TPSA) is 24.1 Å². The van der Waals surface area contributed by atoms with Crippen LogP contribution in [0.15, 0.2) is 0 Å². The molecule has 0 aromatic carbocycles. The van der Waals surface area contributed by atoms with Crippen LogP contribution in [0.5, 0.6) is 0 Å². The van der Waals surface area contributed by atoms with E-state index in [0.29, 0.717) is 0 Å². The van der Waals surface area contributed by atoms with Crippen molar-refractivity contribution in [3.63, 3.8) is 0 Å². The molecule has 3 unspecified atom stereocenters. The van der Waals surface area contributed by atoms with Gasteiger partial charge in [0.25, 0.3) is 0 Å². The molecular weight excluding hydrogens is 167 g/mol. The summed E-state index contributed by atoms with van der Waals surface area (Å²) in [5, 5.41) is 6.52. The van der Waals surface area contributed by atoms with Gasteiger partial charge in [-0.25, -0.2) is 4.39 Å². The van der Waals surface area contributed by atoms with Gasteiger partial charge in [0.2, 0.25) is 0 Å². The van der Waals surface area contributed by atoms with E-state index in [4.69, 9.17) is 0 Å². The maximum Gasteiger partial charge on any atom is 0.119 e. The molecule has 2 fully saturated rings. The predicted octanol–water partition coefficient (Wildman–Crippen LogP) is 1.08. The van der Waals surface area contributed by atoms with Crippen LogP contribution < -0.4 is 10.6 Å². The first-order chi connectivity index (χ1) is 6.38. The van der Waals surface area contributed by atoms with Crippen LogP contribution in [-0.4, -0.2) is 31.8 Å². The molecule has 0 aliphatic carbocycles. The second kappa shape index (κ2) is 4.38. The minimum Gasteiger partial charge on any atom is -0.316 e. The summed E-state index contributed by atoms with van der Waals surface area (Å²) in [5.74, 6) is 0.254. The second-order valence-corrected chi connectivity index (χ2v) is 4.25. The molecule has 0 radical (unpaired) electrons. The highest BCUT2D eigenvalue weighted by atomic mass is 19.1. The lowest BCUT2D eigenvalue weighted by atomic mass is 9.90. The molecule has 0 spiro atoms. The Kier molecular flexibility index (Phi) is 3.17. The van der Waals surface area contributed by atoms with Crippen molar-refractivity contribution in [2.75, 3.05) is 19.6 Å². The van der Waals surface area contributed by atoms with E-state index in [2.05, 4.69) is 10.6 Å². The summed E-state index contributed by atoms with van der Waals surface area (Å²) in [6.45, 7) is 2.95. The Balaban J connectivity index is 1.83. The average Bonchev–Trinajstić information content (AvgIpc) is 2.71. The van der Waals surface area contributed by atoms with Crippen LogP contribution in [-0.2, 0) is 0 Å². The van der Waals surface area contributed by atoms with Crippen LogP contribution in [0.2, 0.25) is 0 Å². The Hall–Kier alpha value is -0.150. The van der Waals surface area contributed by atoms with Crippen LogP contribution in [0.3, 0.4) is 0 Å². The third kappa shape index (κ3) is 2.20. The van der Waals surface area contributed by atoms with E-state index in [1.165, 1.54) is 0 Å². The molecule has 0 aromatic heterocycles. The Morgan fingerprint density at radius 1 is 1.15 bits per heavy atom. The van der Waals surface area contributed by atoms with Crippen molar-refractivity contribution < 1.29 is 4.39 Å². The van der Waals surface area contributed by atoms with E-state index < -0.39 is 6.17 Å². The van der Waals surface area contributed by atoms with Crippen molar-refractivity contribution in [2.24, 2.45) is 5.92 Å². The maximum atomic E-state index is 13.9. The van der Waals surface area contributed by atoms with E-state index in [1.807, 2.05) is 0 Å². The number of alkyl halides is 1.